The standard InChI is InChI=1S/C6H8O7.C2H4.FH.Na/c7-3(8)1-6(13,5(11)12)2-4(9)10;1-2;;/h13H,1-2H2,(H,7,8)(H,9,10)(H,11,12);1-2H2;1H;/q;;;+1/p-1. The molecular formula is C8H12FNaO7. The van der Waals surface area contributed by atoms with Gasteiger partial charge in [-0.25, -0.2) is 4.79 Å². The second-order valence-electron chi connectivity index (χ2n) is 2.48. The molecule has 0 saturated carbocycles. The van der Waals surface area contributed by atoms with Gasteiger partial charge in [0.25, 0.3) is 0 Å². The number of hydrogen-bond donors (Lipinski definition) is 4. The van der Waals surface area contributed by atoms with Crippen LogP contribution in [0.1, 0.15) is 12.8 Å². The van der Waals surface area contributed by atoms with Crippen LogP contribution in [-0.2, 0) is 14.4 Å². The van der Waals surface area contributed by atoms with E-state index in [2.05, 4.69) is 13.2 Å². The van der Waals surface area contributed by atoms with Crippen LogP contribution in [0.5, 0.6) is 0 Å². The van der Waals surface area contributed by atoms with Crippen molar-refractivity contribution in [2.75, 3.05) is 0 Å². The first-order valence-corrected chi connectivity index (χ1v) is 3.67. The first-order chi connectivity index (χ1) is 6.78. The van der Waals surface area contributed by atoms with E-state index in [0.29, 0.717) is 0 Å². The summed E-state index contributed by atoms with van der Waals surface area (Å²) in [6, 6.07) is 0. The number of carbonyl (C=O) groups is 3. The van der Waals surface area contributed by atoms with E-state index in [0.717, 1.165) is 0 Å². The normalized spacial score (nSPS) is 8.53. The van der Waals surface area contributed by atoms with Gasteiger partial charge in [-0.05, 0) is 0 Å². The van der Waals surface area contributed by atoms with Gasteiger partial charge in [0.1, 0.15) is 0 Å². The predicted molar refractivity (Wildman–Crippen MR) is 48.3 cm³/mol. The van der Waals surface area contributed by atoms with Crippen molar-refractivity contribution in [3.05, 3.63) is 13.2 Å². The summed E-state index contributed by atoms with van der Waals surface area (Å²) in [5.41, 5.74) is -2.74. The van der Waals surface area contributed by atoms with Crippen molar-refractivity contribution in [3.63, 3.8) is 0 Å². The Morgan fingerprint density at radius 3 is 1.29 bits per heavy atom. The summed E-state index contributed by atoms with van der Waals surface area (Å²) >= 11 is 0. The van der Waals surface area contributed by atoms with E-state index < -0.39 is 36.4 Å². The Hall–Kier alpha value is -0.960. The number of carboxylic acids is 3. The van der Waals surface area contributed by atoms with E-state index >= 15 is 0 Å². The maximum atomic E-state index is 10.3. The summed E-state index contributed by atoms with van der Waals surface area (Å²) in [4.78, 5) is 30.5. The van der Waals surface area contributed by atoms with Crippen molar-refractivity contribution >= 4 is 17.9 Å². The molecule has 0 aromatic rings. The van der Waals surface area contributed by atoms with E-state index in [-0.39, 0.29) is 34.3 Å². The van der Waals surface area contributed by atoms with Gasteiger partial charge >= 0.3 is 47.5 Å². The molecule has 0 bridgehead atoms. The Balaban J connectivity index is -0.000000199. The third kappa shape index (κ3) is 11.3. The average Bonchev–Trinajstić information content (AvgIpc) is 2.04. The minimum absolute atomic E-state index is 0. The summed E-state index contributed by atoms with van der Waals surface area (Å²) in [6.07, 6.45) is -2.29. The minimum atomic E-state index is -2.74. The van der Waals surface area contributed by atoms with Crippen LogP contribution in [-0.4, -0.2) is 43.9 Å². The number of hydrogen-bond acceptors (Lipinski definition) is 4. The first kappa shape index (κ1) is 25.0. The molecule has 0 unspecified atom stereocenters. The molecule has 0 aromatic carbocycles. The van der Waals surface area contributed by atoms with E-state index in [9.17, 15) is 14.4 Å². The molecular weight excluding hydrogens is 250 g/mol. The molecule has 0 rings (SSSR count). The molecule has 0 fully saturated rings. The van der Waals surface area contributed by atoms with Gasteiger partial charge in [0, 0.05) is 0 Å². The summed E-state index contributed by atoms with van der Waals surface area (Å²) in [5, 5.41) is 33.8. The maximum absolute atomic E-state index is 10.3. The van der Waals surface area contributed by atoms with Gasteiger partial charge in [-0.1, -0.05) is 0 Å². The number of aliphatic hydroxyl groups is 1. The number of rotatable bonds is 5. The van der Waals surface area contributed by atoms with Gasteiger partial charge < -0.3 is 25.1 Å². The van der Waals surface area contributed by atoms with Crippen molar-refractivity contribution in [2.24, 2.45) is 0 Å². The first-order valence-electron chi connectivity index (χ1n) is 3.67. The van der Waals surface area contributed by atoms with Crippen LogP contribution in [0, 0.1) is 0 Å². The van der Waals surface area contributed by atoms with Gasteiger partial charge in [-0.15, -0.1) is 13.2 Å². The monoisotopic (exact) mass is 262 g/mol. The maximum Gasteiger partial charge on any atom is 1.00 e. The van der Waals surface area contributed by atoms with Gasteiger partial charge in [-0.3, -0.25) is 9.59 Å². The smallest absolute Gasteiger partial charge is 1.00 e. The third-order valence-corrected chi connectivity index (χ3v) is 1.29. The Morgan fingerprint density at radius 2 is 1.18 bits per heavy atom. The van der Waals surface area contributed by atoms with Crippen molar-refractivity contribution in [1.29, 1.82) is 0 Å². The van der Waals surface area contributed by atoms with Gasteiger partial charge in [-0.2, -0.15) is 0 Å². The van der Waals surface area contributed by atoms with Crippen molar-refractivity contribution < 1.29 is 69.1 Å². The van der Waals surface area contributed by atoms with E-state index in [1.165, 1.54) is 0 Å². The van der Waals surface area contributed by atoms with Crippen LogP contribution in [0.2, 0.25) is 0 Å². The second-order valence-corrected chi connectivity index (χ2v) is 2.48. The summed E-state index contributed by atoms with van der Waals surface area (Å²) in [6.45, 7) is 6.00. The number of halogens is 1. The molecule has 94 valence electrons. The van der Waals surface area contributed by atoms with Crippen LogP contribution in [0.3, 0.4) is 0 Å². The molecule has 0 aliphatic carbocycles. The molecule has 9 heteroatoms. The molecule has 0 aliphatic rings. The quantitative estimate of drug-likeness (QED) is 0.286. The topological polar surface area (TPSA) is 132 Å². The Bertz CT molecular complexity index is 253. The molecule has 0 aliphatic heterocycles. The van der Waals surface area contributed by atoms with Crippen molar-refractivity contribution in [3.8, 4) is 0 Å². The fourth-order valence-electron chi connectivity index (χ4n) is 0.714. The van der Waals surface area contributed by atoms with Crippen molar-refractivity contribution in [1.82, 2.24) is 0 Å². The van der Waals surface area contributed by atoms with E-state index in [1.54, 1.807) is 0 Å². The molecule has 0 aromatic heterocycles. The van der Waals surface area contributed by atoms with Crippen LogP contribution in [0.15, 0.2) is 13.2 Å². The summed E-state index contributed by atoms with van der Waals surface area (Å²) in [5.74, 6) is -5.02. The SMILES string of the molecule is C=C.O=C(O)CC(O)(CC(=O)O)C(=O)O.[F-].[Na+]. The van der Waals surface area contributed by atoms with E-state index in [4.69, 9.17) is 20.4 Å². The zero-order chi connectivity index (χ0) is 12.6. The predicted octanol–water partition coefficient (Wildman–Crippen LogP) is -6.44. The Labute approximate surface area is 118 Å². The van der Waals surface area contributed by atoms with Crippen LogP contribution in [0.25, 0.3) is 0 Å². The molecule has 0 atom stereocenters. The molecule has 7 nitrogen and oxygen atoms in total. The molecule has 4 N–H and O–H groups in total. The molecule has 0 spiro atoms. The van der Waals surface area contributed by atoms with Gasteiger partial charge in [0.2, 0.25) is 0 Å². The Morgan fingerprint density at radius 1 is 0.941 bits per heavy atom. The number of carboxylic acid groups (broad SMARTS) is 3. The molecule has 17 heavy (non-hydrogen) atoms. The molecule has 0 amide bonds. The molecule has 0 saturated heterocycles. The Kier molecular flexibility index (Phi) is 17.0. The molecule has 0 radical (unpaired) electrons. The molecule has 0 heterocycles. The second kappa shape index (κ2) is 11.5. The van der Waals surface area contributed by atoms with E-state index in [1.807, 2.05) is 0 Å². The fraction of sp³-hybridized carbons (Fsp3) is 0.375. The zero-order valence-corrected chi connectivity index (χ0v) is 11.2. The van der Waals surface area contributed by atoms with Gasteiger partial charge in [0.15, 0.2) is 5.60 Å². The van der Waals surface area contributed by atoms with Crippen molar-refractivity contribution in [2.45, 2.75) is 18.4 Å². The minimum Gasteiger partial charge on any atom is -1.00 e. The van der Waals surface area contributed by atoms with Gasteiger partial charge in [0.05, 0.1) is 12.8 Å². The largest absolute Gasteiger partial charge is 1.00 e. The summed E-state index contributed by atoms with van der Waals surface area (Å²) in [7, 11) is 0. The van der Waals surface area contributed by atoms with Crippen LogP contribution in [0.4, 0.5) is 0 Å². The average molecular weight is 262 g/mol. The fourth-order valence-corrected chi connectivity index (χ4v) is 0.714. The third-order valence-electron chi connectivity index (χ3n) is 1.29. The van der Waals surface area contributed by atoms with Crippen LogP contribution < -0.4 is 34.3 Å². The van der Waals surface area contributed by atoms with Crippen LogP contribution >= 0.6 is 0 Å². The number of aliphatic carboxylic acids is 3. The zero-order valence-electron chi connectivity index (χ0n) is 9.22. The summed E-state index contributed by atoms with van der Waals surface area (Å²) < 4.78 is 0.